The van der Waals surface area contributed by atoms with E-state index in [0.717, 1.165) is 12.8 Å². The molecule has 4 rings (SSSR count). The van der Waals surface area contributed by atoms with Crippen LogP contribution in [0.2, 0.25) is 0 Å². The summed E-state index contributed by atoms with van der Waals surface area (Å²) in [5, 5.41) is 29.2. The van der Waals surface area contributed by atoms with Crippen molar-refractivity contribution in [2.45, 2.75) is 0 Å². The average Bonchev–Trinajstić information content (AvgIpc) is 3.32. The summed E-state index contributed by atoms with van der Waals surface area (Å²) in [4.78, 5) is 7.60. The zero-order valence-corrected chi connectivity index (χ0v) is 10.3. The molecule has 0 bridgehead atoms. The molecule has 4 aromatic heterocycles. The third-order valence-electron chi connectivity index (χ3n) is 2.33. The van der Waals surface area contributed by atoms with Crippen molar-refractivity contribution < 1.29 is 18.3 Å². The Morgan fingerprint density at radius 3 is 1.55 bits per heavy atom. The normalized spacial score (nSPS) is 11.5. The third kappa shape index (κ3) is 1.99. The van der Waals surface area contributed by atoms with Gasteiger partial charge in [0, 0.05) is 0 Å². The van der Waals surface area contributed by atoms with Gasteiger partial charge in [-0.1, -0.05) is 10.3 Å². The molecule has 0 amide bonds. The van der Waals surface area contributed by atoms with E-state index < -0.39 is 0 Å². The summed E-state index contributed by atoms with van der Waals surface area (Å²) in [5.74, 6) is 0.325. The number of aromatic nitrogens is 8. The molecule has 14 heteroatoms. The van der Waals surface area contributed by atoms with E-state index in [0.29, 0.717) is 0 Å². The molecule has 4 aromatic rings. The van der Waals surface area contributed by atoms with E-state index in [1.54, 1.807) is 0 Å². The fraction of sp³-hybridized carbons (Fsp3) is 0. The highest BCUT2D eigenvalue weighted by Gasteiger charge is 2.19. The van der Waals surface area contributed by atoms with E-state index in [1.807, 2.05) is 0 Å². The standard InChI is InChI=1S/C8H2N10O4/c1-9-5(15-19-1)3-7(17-21-13-3)11-12-8-4(14-22-18-8)6-10-2-20-16-6/h1-2H. The second-order valence-corrected chi connectivity index (χ2v) is 3.58. The molecule has 22 heavy (non-hydrogen) atoms. The van der Waals surface area contributed by atoms with Gasteiger partial charge in [-0.05, 0) is 20.6 Å². The number of hydrogen-bond acceptors (Lipinski definition) is 14. The summed E-state index contributed by atoms with van der Waals surface area (Å²) in [6.07, 6.45) is 2.25. The third-order valence-corrected chi connectivity index (χ3v) is 2.33. The summed E-state index contributed by atoms with van der Waals surface area (Å²) in [6.45, 7) is 0. The Labute approximate surface area is 118 Å². The molecule has 0 aliphatic rings. The van der Waals surface area contributed by atoms with Crippen molar-refractivity contribution in [3.8, 4) is 23.0 Å². The number of hydrogen-bond donors (Lipinski definition) is 0. The van der Waals surface area contributed by atoms with Crippen LogP contribution >= 0.6 is 0 Å². The number of azo groups is 1. The van der Waals surface area contributed by atoms with Crippen LogP contribution in [0.5, 0.6) is 0 Å². The van der Waals surface area contributed by atoms with Crippen LogP contribution in [0.3, 0.4) is 0 Å². The molecular formula is C8H2N10O4. The van der Waals surface area contributed by atoms with Gasteiger partial charge in [0.1, 0.15) is 0 Å². The molecule has 0 spiro atoms. The number of rotatable bonds is 4. The van der Waals surface area contributed by atoms with Crippen LogP contribution in [0, 0.1) is 0 Å². The van der Waals surface area contributed by atoms with Gasteiger partial charge in [-0.3, -0.25) is 0 Å². The van der Waals surface area contributed by atoms with Crippen molar-refractivity contribution in [1.82, 2.24) is 40.9 Å². The first-order valence-electron chi connectivity index (χ1n) is 5.52. The first kappa shape index (κ1) is 11.9. The monoisotopic (exact) mass is 302 g/mol. The summed E-state index contributed by atoms with van der Waals surface area (Å²) in [5.41, 5.74) is 0.296. The Balaban J connectivity index is 1.67. The van der Waals surface area contributed by atoms with E-state index >= 15 is 0 Å². The Kier molecular flexibility index (Phi) is 2.67. The highest BCUT2D eigenvalue weighted by molar-refractivity contribution is 5.62. The molecule has 0 fully saturated rings. The highest BCUT2D eigenvalue weighted by atomic mass is 16.6. The first-order chi connectivity index (χ1) is 10.9. The van der Waals surface area contributed by atoms with Crippen LogP contribution in [0.1, 0.15) is 0 Å². The second-order valence-electron chi connectivity index (χ2n) is 3.58. The Morgan fingerprint density at radius 1 is 0.636 bits per heavy atom. The molecule has 0 saturated carbocycles. The molecule has 0 aliphatic heterocycles. The fourth-order valence-corrected chi connectivity index (χ4v) is 1.43. The van der Waals surface area contributed by atoms with Crippen molar-refractivity contribution >= 4 is 11.6 Å². The second kappa shape index (κ2) is 4.93. The van der Waals surface area contributed by atoms with Crippen LogP contribution in [-0.4, -0.2) is 40.9 Å². The van der Waals surface area contributed by atoms with E-state index in [4.69, 9.17) is 0 Å². The van der Waals surface area contributed by atoms with Crippen LogP contribution in [0.25, 0.3) is 23.0 Å². The minimum Gasteiger partial charge on any atom is -0.342 e. The van der Waals surface area contributed by atoms with Gasteiger partial charge < -0.3 is 9.05 Å². The van der Waals surface area contributed by atoms with Crippen molar-refractivity contribution in [1.29, 1.82) is 0 Å². The molecule has 0 atom stereocenters. The zero-order valence-electron chi connectivity index (χ0n) is 10.3. The zero-order chi connectivity index (χ0) is 14.8. The molecule has 108 valence electrons. The van der Waals surface area contributed by atoms with Crippen LogP contribution in [0.15, 0.2) is 41.3 Å². The van der Waals surface area contributed by atoms with Crippen LogP contribution in [-0.2, 0) is 0 Å². The summed E-state index contributed by atoms with van der Waals surface area (Å²) in [7, 11) is 0. The van der Waals surface area contributed by atoms with E-state index in [1.165, 1.54) is 0 Å². The summed E-state index contributed by atoms with van der Waals surface area (Å²) in [6, 6.07) is 0. The Bertz CT molecular complexity index is 817. The molecule has 0 aromatic carbocycles. The molecule has 14 nitrogen and oxygen atoms in total. The highest BCUT2D eigenvalue weighted by Crippen LogP contribution is 2.28. The minimum atomic E-state index is 0.0171. The SMILES string of the molecule is c1nc(-c2nonc2N=Nc2nonc2-c2ncon2)no1. The van der Waals surface area contributed by atoms with Crippen LogP contribution < -0.4 is 0 Å². The van der Waals surface area contributed by atoms with Gasteiger partial charge in [-0.15, -0.1) is 10.2 Å². The maximum Gasteiger partial charge on any atom is 0.249 e. The molecule has 0 radical (unpaired) electrons. The van der Waals surface area contributed by atoms with Gasteiger partial charge in [-0.25, -0.2) is 9.26 Å². The van der Waals surface area contributed by atoms with Crippen molar-refractivity contribution in [3.63, 3.8) is 0 Å². The molecule has 4 heterocycles. The smallest absolute Gasteiger partial charge is 0.249 e. The summed E-state index contributed by atoms with van der Waals surface area (Å²) >= 11 is 0. The van der Waals surface area contributed by atoms with E-state index in [-0.39, 0.29) is 34.7 Å². The van der Waals surface area contributed by atoms with Crippen molar-refractivity contribution in [2.24, 2.45) is 10.2 Å². The van der Waals surface area contributed by atoms with Gasteiger partial charge in [0.2, 0.25) is 47.5 Å². The number of nitrogens with zero attached hydrogens (tertiary/aromatic N) is 10. The van der Waals surface area contributed by atoms with E-state index in [9.17, 15) is 0 Å². The lowest BCUT2D eigenvalue weighted by molar-refractivity contribution is 0.308. The fourth-order valence-electron chi connectivity index (χ4n) is 1.43. The van der Waals surface area contributed by atoms with Crippen molar-refractivity contribution in [3.05, 3.63) is 12.8 Å². The molecule has 0 N–H and O–H groups in total. The van der Waals surface area contributed by atoms with Crippen LogP contribution in [0.4, 0.5) is 11.6 Å². The lowest BCUT2D eigenvalue weighted by Gasteiger charge is -1.86. The van der Waals surface area contributed by atoms with Gasteiger partial charge in [0.05, 0.1) is 0 Å². The van der Waals surface area contributed by atoms with Gasteiger partial charge in [0.25, 0.3) is 0 Å². The van der Waals surface area contributed by atoms with E-state index in [2.05, 4.69) is 69.4 Å². The lowest BCUT2D eigenvalue weighted by atomic mass is 10.4. The maximum absolute atomic E-state index is 4.60. The predicted molar refractivity (Wildman–Crippen MR) is 59.4 cm³/mol. The Hall–Kier alpha value is -3.84. The molecule has 0 aliphatic carbocycles. The molecule has 0 saturated heterocycles. The quantitative estimate of drug-likeness (QED) is 0.487. The average molecular weight is 302 g/mol. The first-order valence-corrected chi connectivity index (χ1v) is 5.52. The lowest BCUT2D eigenvalue weighted by Crippen LogP contribution is -1.81. The maximum atomic E-state index is 4.60. The molecular weight excluding hydrogens is 300 g/mol. The van der Waals surface area contributed by atoms with Gasteiger partial charge in [-0.2, -0.15) is 9.97 Å². The minimum absolute atomic E-state index is 0.0171. The topological polar surface area (TPSA) is 180 Å². The summed E-state index contributed by atoms with van der Waals surface area (Å²) < 4.78 is 18.3. The van der Waals surface area contributed by atoms with Gasteiger partial charge >= 0.3 is 0 Å². The van der Waals surface area contributed by atoms with Gasteiger partial charge in [0.15, 0.2) is 0 Å². The predicted octanol–water partition coefficient (Wildman–Crippen LogP) is 0.968. The van der Waals surface area contributed by atoms with Crippen molar-refractivity contribution in [2.75, 3.05) is 0 Å². The molecule has 0 unspecified atom stereocenters. The Morgan fingerprint density at radius 2 is 1.14 bits per heavy atom. The largest absolute Gasteiger partial charge is 0.342 e.